The average molecular weight is 436 g/mol. The second kappa shape index (κ2) is 8.26. The highest BCUT2D eigenvalue weighted by Crippen LogP contribution is 2.18. The standard InChI is InChI=1S/C19H18BrNO4S/c20-17-6-1-15(2-7-17)3-10-19(22)16-4-8-18(9-5-16)26(23,24)21-11-13-25-14-12-21/h1-10H,11-14H2. The molecule has 0 unspecified atom stereocenters. The summed E-state index contributed by atoms with van der Waals surface area (Å²) in [6.45, 7) is 1.49. The minimum Gasteiger partial charge on any atom is -0.379 e. The molecule has 0 N–H and O–H groups in total. The fourth-order valence-corrected chi connectivity index (χ4v) is 4.24. The maximum atomic E-state index is 12.6. The Balaban J connectivity index is 1.72. The van der Waals surface area contributed by atoms with Crippen molar-refractivity contribution < 1.29 is 17.9 Å². The molecule has 0 amide bonds. The Morgan fingerprint density at radius 2 is 1.62 bits per heavy atom. The predicted molar refractivity (Wildman–Crippen MR) is 104 cm³/mol. The number of nitrogens with zero attached hydrogens (tertiary/aromatic N) is 1. The largest absolute Gasteiger partial charge is 0.379 e. The molecule has 26 heavy (non-hydrogen) atoms. The Labute approximate surface area is 161 Å². The van der Waals surface area contributed by atoms with E-state index in [4.69, 9.17) is 4.74 Å². The summed E-state index contributed by atoms with van der Waals surface area (Å²) < 4.78 is 32.7. The quantitative estimate of drug-likeness (QED) is 0.533. The van der Waals surface area contributed by atoms with Crippen molar-refractivity contribution in [2.45, 2.75) is 4.90 Å². The SMILES string of the molecule is O=C(C=Cc1ccc(Br)cc1)c1ccc(S(=O)(=O)N2CCOCC2)cc1. The number of sulfonamides is 1. The van der Waals surface area contributed by atoms with Gasteiger partial charge >= 0.3 is 0 Å². The van der Waals surface area contributed by atoms with Crippen LogP contribution in [0.25, 0.3) is 6.08 Å². The van der Waals surface area contributed by atoms with E-state index >= 15 is 0 Å². The van der Waals surface area contributed by atoms with Crippen molar-refractivity contribution in [3.8, 4) is 0 Å². The van der Waals surface area contributed by atoms with Gasteiger partial charge in [-0.1, -0.05) is 34.1 Å². The number of benzene rings is 2. The maximum absolute atomic E-state index is 12.6. The van der Waals surface area contributed by atoms with Crippen LogP contribution in [0.2, 0.25) is 0 Å². The molecular weight excluding hydrogens is 418 g/mol. The molecule has 1 saturated heterocycles. The number of halogens is 1. The van der Waals surface area contributed by atoms with Crippen LogP contribution >= 0.6 is 15.9 Å². The zero-order chi connectivity index (χ0) is 18.6. The van der Waals surface area contributed by atoms with Crippen LogP contribution in [0.4, 0.5) is 0 Å². The zero-order valence-corrected chi connectivity index (χ0v) is 16.4. The number of ketones is 1. The fourth-order valence-electron chi connectivity index (χ4n) is 2.57. The van der Waals surface area contributed by atoms with Gasteiger partial charge in [-0.05, 0) is 48.0 Å². The third-order valence-corrected chi connectivity index (χ3v) is 6.49. The lowest BCUT2D eigenvalue weighted by atomic mass is 10.1. The van der Waals surface area contributed by atoms with Gasteiger partial charge in [0.15, 0.2) is 5.78 Å². The molecule has 1 heterocycles. The first-order chi connectivity index (χ1) is 12.5. The van der Waals surface area contributed by atoms with Gasteiger partial charge in [0.25, 0.3) is 0 Å². The summed E-state index contributed by atoms with van der Waals surface area (Å²) in [6, 6.07) is 13.6. The lowest BCUT2D eigenvalue weighted by molar-refractivity contribution is 0.0730. The van der Waals surface area contributed by atoms with Crippen LogP contribution in [0.5, 0.6) is 0 Å². The normalized spacial score (nSPS) is 16.0. The number of carbonyl (C=O) groups excluding carboxylic acids is 1. The van der Waals surface area contributed by atoms with Gasteiger partial charge < -0.3 is 4.74 Å². The van der Waals surface area contributed by atoms with E-state index < -0.39 is 10.0 Å². The molecule has 0 bridgehead atoms. The van der Waals surface area contributed by atoms with E-state index in [9.17, 15) is 13.2 Å². The number of hydrogen-bond donors (Lipinski definition) is 0. The van der Waals surface area contributed by atoms with E-state index in [0.29, 0.717) is 31.9 Å². The number of morpholine rings is 1. The smallest absolute Gasteiger partial charge is 0.243 e. The third kappa shape index (κ3) is 4.48. The summed E-state index contributed by atoms with van der Waals surface area (Å²) in [5, 5.41) is 0. The minimum atomic E-state index is -3.54. The summed E-state index contributed by atoms with van der Waals surface area (Å²) in [7, 11) is -3.54. The van der Waals surface area contributed by atoms with Gasteiger partial charge in [-0.3, -0.25) is 4.79 Å². The molecule has 0 aliphatic carbocycles. The van der Waals surface area contributed by atoms with Crippen LogP contribution < -0.4 is 0 Å². The van der Waals surface area contributed by atoms with E-state index in [1.165, 1.54) is 22.5 Å². The van der Waals surface area contributed by atoms with E-state index in [-0.39, 0.29) is 10.7 Å². The molecule has 1 fully saturated rings. The Hall–Kier alpha value is -1.80. The monoisotopic (exact) mass is 435 g/mol. The van der Waals surface area contributed by atoms with Crippen LogP contribution in [0.15, 0.2) is 64.0 Å². The van der Waals surface area contributed by atoms with Crippen molar-refractivity contribution in [1.82, 2.24) is 4.31 Å². The lowest BCUT2D eigenvalue weighted by Crippen LogP contribution is -2.40. The second-order valence-corrected chi connectivity index (χ2v) is 8.64. The Morgan fingerprint density at radius 3 is 2.23 bits per heavy atom. The number of ether oxygens (including phenoxy) is 1. The summed E-state index contributed by atoms with van der Waals surface area (Å²) in [5.41, 5.74) is 1.35. The lowest BCUT2D eigenvalue weighted by Gasteiger charge is -2.26. The van der Waals surface area contributed by atoms with Crippen LogP contribution in [-0.4, -0.2) is 44.8 Å². The van der Waals surface area contributed by atoms with Crippen molar-refractivity contribution in [3.05, 3.63) is 70.2 Å². The number of hydrogen-bond acceptors (Lipinski definition) is 4. The molecule has 0 aromatic heterocycles. The Bertz CT molecular complexity index is 900. The van der Waals surface area contributed by atoms with Crippen LogP contribution in [0.3, 0.4) is 0 Å². The number of rotatable bonds is 5. The average Bonchev–Trinajstić information content (AvgIpc) is 2.68. The van der Waals surface area contributed by atoms with Crippen LogP contribution in [0, 0.1) is 0 Å². The van der Waals surface area contributed by atoms with Gasteiger partial charge in [0.1, 0.15) is 0 Å². The van der Waals surface area contributed by atoms with Gasteiger partial charge in [-0.15, -0.1) is 0 Å². The van der Waals surface area contributed by atoms with Crippen molar-refractivity contribution >= 4 is 37.8 Å². The summed E-state index contributed by atoms with van der Waals surface area (Å²) >= 11 is 3.36. The number of allylic oxidation sites excluding steroid dienone is 1. The molecule has 2 aromatic rings. The van der Waals surface area contributed by atoms with Crippen molar-refractivity contribution in [1.29, 1.82) is 0 Å². The van der Waals surface area contributed by atoms with Gasteiger partial charge in [0.2, 0.25) is 10.0 Å². The van der Waals surface area contributed by atoms with Gasteiger partial charge in [-0.2, -0.15) is 4.31 Å². The molecule has 7 heteroatoms. The van der Waals surface area contributed by atoms with E-state index in [1.54, 1.807) is 18.2 Å². The molecule has 2 aromatic carbocycles. The Morgan fingerprint density at radius 1 is 1.00 bits per heavy atom. The highest BCUT2D eigenvalue weighted by atomic mass is 79.9. The van der Waals surface area contributed by atoms with Gasteiger partial charge in [0, 0.05) is 23.1 Å². The van der Waals surface area contributed by atoms with Gasteiger partial charge in [-0.25, -0.2) is 8.42 Å². The van der Waals surface area contributed by atoms with Crippen molar-refractivity contribution in [2.75, 3.05) is 26.3 Å². The molecular formula is C19H18BrNO4S. The van der Waals surface area contributed by atoms with Gasteiger partial charge in [0.05, 0.1) is 18.1 Å². The molecule has 0 spiro atoms. The predicted octanol–water partition coefficient (Wildman–Crippen LogP) is 3.37. The summed E-state index contributed by atoms with van der Waals surface area (Å²) in [6.07, 6.45) is 3.21. The van der Waals surface area contributed by atoms with Crippen molar-refractivity contribution in [3.63, 3.8) is 0 Å². The van der Waals surface area contributed by atoms with E-state index in [1.807, 2.05) is 24.3 Å². The molecule has 5 nitrogen and oxygen atoms in total. The van der Waals surface area contributed by atoms with Crippen LogP contribution in [0.1, 0.15) is 15.9 Å². The molecule has 3 rings (SSSR count). The summed E-state index contributed by atoms with van der Waals surface area (Å²) in [4.78, 5) is 12.5. The number of carbonyl (C=O) groups is 1. The second-order valence-electron chi connectivity index (χ2n) is 5.79. The molecule has 0 radical (unpaired) electrons. The van der Waals surface area contributed by atoms with E-state index in [0.717, 1.165) is 10.0 Å². The van der Waals surface area contributed by atoms with Crippen LogP contribution in [-0.2, 0) is 14.8 Å². The maximum Gasteiger partial charge on any atom is 0.243 e. The van der Waals surface area contributed by atoms with E-state index in [2.05, 4.69) is 15.9 Å². The molecule has 1 aliphatic heterocycles. The first-order valence-corrected chi connectivity index (χ1v) is 10.4. The highest BCUT2D eigenvalue weighted by molar-refractivity contribution is 9.10. The topological polar surface area (TPSA) is 63.7 Å². The third-order valence-electron chi connectivity index (χ3n) is 4.04. The molecule has 0 saturated carbocycles. The van der Waals surface area contributed by atoms with Crippen molar-refractivity contribution in [2.24, 2.45) is 0 Å². The zero-order valence-electron chi connectivity index (χ0n) is 14.0. The highest BCUT2D eigenvalue weighted by Gasteiger charge is 2.26. The first-order valence-electron chi connectivity index (χ1n) is 8.13. The molecule has 1 aliphatic rings. The minimum absolute atomic E-state index is 0.178. The summed E-state index contributed by atoms with van der Waals surface area (Å²) in [5.74, 6) is -0.178. The first kappa shape index (κ1) is 19.0. The fraction of sp³-hybridized carbons (Fsp3) is 0.211. The molecule has 136 valence electrons. The Kier molecular flexibility index (Phi) is 6.03. The molecule has 0 atom stereocenters.